The van der Waals surface area contributed by atoms with Crippen molar-refractivity contribution < 1.29 is 9.47 Å². The minimum Gasteiger partial charge on any atom is -0.454 e. The fourth-order valence-electron chi connectivity index (χ4n) is 3.00. The van der Waals surface area contributed by atoms with Crippen molar-refractivity contribution in [3.8, 4) is 22.8 Å². The molecule has 6 nitrogen and oxygen atoms in total. The van der Waals surface area contributed by atoms with Crippen molar-refractivity contribution in [1.82, 2.24) is 9.97 Å². The SMILES string of the molecule is CCCCNc1cc(-c2ccccc2)nc(NCc2ccc3c(c2)OCO3)n1. The zero-order valence-electron chi connectivity index (χ0n) is 15.9. The van der Waals surface area contributed by atoms with Gasteiger partial charge in [-0.1, -0.05) is 49.7 Å². The molecular weight excluding hydrogens is 352 g/mol. The number of unbranched alkanes of at least 4 members (excludes halogenated alkanes) is 1. The fraction of sp³-hybridized carbons (Fsp3) is 0.273. The highest BCUT2D eigenvalue weighted by molar-refractivity contribution is 5.64. The van der Waals surface area contributed by atoms with Gasteiger partial charge in [0.1, 0.15) is 5.82 Å². The Morgan fingerprint density at radius 3 is 2.64 bits per heavy atom. The Morgan fingerprint density at radius 1 is 0.929 bits per heavy atom. The summed E-state index contributed by atoms with van der Waals surface area (Å²) in [6, 6.07) is 18.1. The van der Waals surface area contributed by atoms with Crippen molar-refractivity contribution in [2.75, 3.05) is 24.0 Å². The van der Waals surface area contributed by atoms with Gasteiger partial charge in [0.25, 0.3) is 0 Å². The zero-order valence-corrected chi connectivity index (χ0v) is 15.9. The summed E-state index contributed by atoms with van der Waals surface area (Å²) < 4.78 is 10.8. The van der Waals surface area contributed by atoms with Gasteiger partial charge in [0.05, 0.1) is 5.69 Å². The van der Waals surface area contributed by atoms with E-state index in [2.05, 4.69) is 34.7 Å². The Balaban J connectivity index is 1.53. The number of hydrogen-bond acceptors (Lipinski definition) is 6. The lowest BCUT2D eigenvalue weighted by atomic mass is 10.1. The quantitative estimate of drug-likeness (QED) is 0.556. The fourth-order valence-corrected chi connectivity index (χ4v) is 3.00. The lowest BCUT2D eigenvalue weighted by Crippen LogP contribution is -2.08. The van der Waals surface area contributed by atoms with Crippen LogP contribution >= 0.6 is 0 Å². The topological polar surface area (TPSA) is 68.3 Å². The van der Waals surface area contributed by atoms with Crippen LogP contribution in [-0.4, -0.2) is 23.3 Å². The van der Waals surface area contributed by atoms with Gasteiger partial charge in [-0.15, -0.1) is 0 Å². The molecule has 0 bridgehead atoms. The predicted octanol–water partition coefficient (Wildman–Crippen LogP) is 4.70. The molecule has 0 fully saturated rings. The molecule has 3 aromatic rings. The summed E-state index contributed by atoms with van der Waals surface area (Å²) in [6.07, 6.45) is 2.24. The lowest BCUT2D eigenvalue weighted by Gasteiger charge is -2.12. The molecule has 1 aliphatic rings. The summed E-state index contributed by atoms with van der Waals surface area (Å²) in [5.41, 5.74) is 3.04. The Morgan fingerprint density at radius 2 is 1.79 bits per heavy atom. The molecule has 2 heterocycles. The Hall–Kier alpha value is -3.28. The molecule has 0 aliphatic carbocycles. The van der Waals surface area contributed by atoms with E-state index in [1.165, 1.54) is 0 Å². The monoisotopic (exact) mass is 376 g/mol. The van der Waals surface area contributed by atoms with Crippen molar-refractivity contribution in [3.63, 3.8) is 0 Å². The number of anilines is 2. The lowest BCUT2D eigenvalue weighted by molar-refractivity contribution is 0.174. The van der Waals surface area contributed by atoms with Crippen LogP contribution in [0, 0.1) is 0 Å². The van der Waals surface area contributed by atoms with Crippen LogP contribution in [0.4, 0.5) is 11.8 Å². The summed E-state index contributed by atoms with van der Waals surface area (Å²) in [5.74, 6) is 2.99. The van der Waals surface area contributed by atoms with Gasteiger partial charge in [0, 0.05) is 24.7 Å². The highest BCUT2D eigenvalue weighted by Gasteiger charge is 2.13. The van der Waals surface area contributed by atoms with Gasteiger partial charge in [-0.2, -0.15) is 4.98 Å². The number of benzene rings is 2. The molecule has 1 aromatic heterocycles. The van der Waals surface area contributed by atoms with Crippen molar-refractivity contribution in [2.24, 2.45) is 0 Å². The molecule has 0 spiro atoms. The van der Waals surface area contributed by atoms with E-state index >= 15 is 0 Å². The second-order valence-corrected chi connectivity index (χ2v) is 6.65. The second-order valence-electron chi connectivity index (χ2n) is 6.65. The van der Waals surface area contributed by atoms with E-state index in [1.807, 2.05) is 42.5 Å². The van der Waals surface area contributed by atoms with Crippen LogP contribution in [0.3, 0.4) is 0 Å². The van der Waals surface area contributed by atoms with Crippen molar-refractivity contribution >= 4 is 11.8 Å². The van der Waals surface area contributed by atoms with E-state index in [0.717, 1.165) is 53.5 Å². The third-order valence-electron chi connectivity index (χ3n) is 4.52. The number of nitrogens with one attached hydrogen (secondary N) is 2. The van der Waals surface area contributed by atoms with Gasteiger partial charge in [-0.25, -0.2) is 4.98 Å². The van der Waals surface area contributed by atoms with Crippen LogP contribution < -0.4 is 20.1 Å². The normalized spacial score (nSPS) is 12.0. The van der Waals surface area contributed by atoms with Crippen molar-refractivity contribution in [1.29, 1.82) is 0 Å². The largest absolute Gasteiger partial charge is 0.454 e. The summed E-state index contributed by atoms with van der Waals surface area (Å²) in [7, 11) is 0. The molecular formula is C22H24N4O2. The molecule has 0 amide bonds. The maximum Gasteiger partial charge on any atom is 0.231 e. The van der Waals surface area contributed by atoms with E-state index in [0.29, 0.717) is 12.5 Å². The highest BCUT2D eigenvalue weighted by Crippen LogP contribution is 2.32. The Bertz CT molecular complexity index is 931. The first-order valence-corrected chi connectivity index (χ1v) is 9.62. The first kappa shape index (κ1) is 18.1. The van der Waals surface area contributed by atoms with Crippen LogP contribution in [-0.2, 0) is 6.54 Å². The number of nitrogens with zero attached hydrogens (tertiary/aromatic N) is 2. The summed E-state index contributed by atoms with van der Waals surface area (Å²) in [5, 5.41) is 6.74. The Labute approximate surface area is 164 Å². The molecule has 1 aliphatic heterocycles. The van der Waals surface area contributed by atoms with Crippen molar-refractivity contribution in [3.05, 3.63) is 60.2 Å². The molecule has 0 saturated heterocycles. The number of ether oxygens (including phenoxy) is 2. The van der Waals surface area contributed by atoms with Crippen LogP contribution in [0.5, 0.6) is 11.5 Å². The summed E-state index contributed by atoms with van der Waals surface area (Å²) in [4.78, 5) is 9.33. The van der Waals surface area contributed by atoms with Crippen LogP contribution in [0.1, 0.15) is 25.3 Å². The molecule has 2 aromatic carbocycles. The molecule has 28 heavy (non-hydrogen) atoms. The van der Waals surface area contributed by atoms with Gasteiger partial charge in [-0.3, -0.25) is 0 Å². The van der Waals surface area contributed by atoms with Crippen LogP contribution in [0.25, 0.3) is 11.3 Å². The smallest absolute Gasteiger partial charge is 0.231 e. The van der Waals surface area contributed by atoms with Crippen LogP contribution in [0.2, 0.25) is 0 Å². The molecule has 6 heteroatoms. The first-order valence-electron chi connectivity index (χ1n) is 9.62. The zero-order chi connectivity index (χ0) is 19.2. The van der Waals surface area contributed by atoms with Gasteiger partial charge in [-0.05, 0) is 24.1 Å². The molecule has 0 radical (unpaired) electrons. The molecule has 0 unspecified atom stereocenters. The first-order chi connectivity index (χ1) is 13.8. The summed E-state index contributed by atoms with van der Waals surface area (Å²) >= 11 is 0. The molecule has 4 rings (SSSR count). The maximum absolute atomic E-state index is 5.45. The molecule has 2 N–H and O–H groups in total. The third kappa shape index (κ3) is 4.34. The van der Waals surface area contributed by atoms with Gasteiger partial charge in [0.15, 0.2) is 11.5 Å². The highest BCUT2D eigenvalue weighted by atomic mass is 16.7. The minimum atomic E-state index is 0.279. The standard InChI is InChI=1S/C22H24N4O2/c1-2-3-11-23-21-13-18(17-7-5-4-6-8-17)25-22(26-21)24-14-16-9-10-19-20(12-16)28-15-27-19/h4-10,12-13H,2-3,11,14-15H2,1H3,(H2,23,24,25,26). The third-order valence-corrected chi connectivity index (χ3v) is 4.52. The Kier molecular flexibility index (Phi) is 5.56. The van der Waals surface area contributed by atoms with E-state index in [9.17, 15) is 0 Å². The van der Waals surface area contributed by atoms with E-state index < -0.39 is 0 Å². The summed E-state index contributed by atoms with van der Waals surface area (Å²) in [6.45, 7) is 3.95. The number of rotatable bonds is 8. The van der Waals surface area contributed by atoms with E-state index in [4.69, 9.17) is 14.5 Å². The van der Waals surface area contributed by atoms with Crippen LogP contribution in [0.15, 0.2) is 54.6 Å². The average molecular weight is 376 g/mol. The molecule has 144 valence electrons. The van der Waals surface area contributed by atoms with Crippen molar-refractivity contribution in [2.45, 2.75) is 26.3 Å². The average Bonchev–Trinajstić information content (AvgIpc) is 3.21. The van der Waals surface area contributed by atoms with E-state index in [-0.39, 0.29) is 6.79 Å². The number of aromatic nitrogens is 2. The molecule has 0 saturated carbocycles. The van der Waals surface area contributed by atoms with Gasteiger partial charge >= 0.3 is 0 Å². The predicted molar refractivity (Wildman–Crippen MR) is 111 cm³/mol. The van der Waals surface area contributed by atoms with Gasteiger partial charge < -0.3 is 20.1 Å². The number of fused-ring (bicyclic) bond motifs is 1. The molecule has 0 atom stereocenters. The maximum atomic E-state index is 5.45. The van der Waals surface area contributed by atoms with E-state index in [1.54, 1.807) is 0 Å². The number of hydrogen-bond donors (Lipinski definition) is 2. The minimum absolute atomic E-state index is 0.279. The second kappa shape index (κ2) is 8.61. The van der Waals surface area contributed by atoms with Gasteiger partial charge in [0.2, 0.25) is 12.7 Å².